The molecule has 1 aliphatic rings. The molecule has 0 unspecified atom stereocenters. The summed E-state index contributed by atoms with van der Waals surface area (Å²) in [4.78, 5) is 15.4. The topological polar surface area (TPSA) is 38.1 Å². The zero-order valence-corrected chi connectivity index (χ0v) is 16.0. The Hall–Kier alpha value is -2.43. The van der Waals surface area contributed by atoms with Crippen LogP contribution in [0.4, 0.5) is 0 Å². The second kappa shape index (κ2) is 8.98. The molecule has 0 atom stereocenters. The molecule has 1 fully saturated rings. The number of aromatic nitrogens is 2. The van der Waals surface area contributed by atoms with E-state index in [-0.39, 0.29) is 24.0 Å². The van der Waals surface area contributed by atoms with E-state index in [4.69, 9.17) is 0 Å². The van der Waals surface area contributed by atoms with E-state index in [9.17, 15) is 4.79 Å². The van der Waals surface area contributed by atoms with Gasteiger partial charge in [-0.05, 0) is 30.0 Å². The zero-order chi connectivity index (χ0) is 17.8. The minimum atomic E-state index is 0. The molecule has 2 heterocycles. The van der Waals surface area contributed by atoms with Gasteiger partial charge in [-0.25, -0.2) is 4.68 Å². The van der Waals surface area contributed by atoms with Gasteiger partial charge in [0.25, 0.3) is 5.56 Å². The van der Waals surface area contributed by atoms with Gasteiger partial charge in [0, 0.05) is 25.8 Å². The van der Waals surface area contributed by atoms with E-state index in [1.165, 1.54) is 5.56 Å². The summed E-state index contributed by atoms with van der Waals surface area (Å²) < 4.78 is 1.70. The second-order valence-corrected chi connectivity index (χ2v) is 6.85. The average molecular weight is 382 g/mol. The maximum absolute atomic E-state index is 12.9. The summed E-state index contributed by atoms with van der Waals surface area (Å²) in [7, 11) is 0. The van der Waals surface area contributed by atoms with Crippen molar-refractivity contribution in [3.8, 4) is 11.1 Å². The molecule has 5 heteroatoms. The Morgan fingerprint density at radius 1 is 0.889 bits per heavy atom. The van der Waals surface area contributed by atoms with E-state index >= 15 is 0 Å². The number of hydrogen-bond acceptors (Lipinski definition) is 3. The highest BCUT2D eigenvalue weighted by molar-refractivity contribution is 5.85. The highest BCUT2D eigenvalue weighted by Gasteiger charge is 2.23. The van der Waals surface area contributed by atoms with Crippen molar-refractivity contribution in [1.82, 2.24) is 14.7 Å². The van der Waals surface area contributed by atoms with Gasteiger partial charge in [-0.1, -0.05) is 60.7 Å². The smallest absolute Gasteiger partial charge is 0.274 e. The third-order valence-corrected chi connectivity index (χ3v) is 5.11. The highest BCUT2D eigenvalue weighted by Crippen LogP contribution is 2.23. The molecule has 0 amide bonds. The van der Waals surface area contributed by atoms with Crippen molar-refractivity contribution in [2.24, 2.45) is 0 Å². The lowest BCUT2D eigenvalue weighted by Gasteiger charge is -2.32. The number of nitrogens with zero attached hydrogens (tertiary/aromatic N) is 3. The van der Waals surface area contributed by atoms with Gasteiger partial charge in [0.15, 0.2) is 0 Å². The van der Waals surface area contributed by atoms with Crippen LogP contribution in [0.5, 0.6) is 0 Å². The SMILES string of the molecule is Cl.O=c1c(-c2ccccc2)ccnn1C1CCN(Cc2ccccc2)CC1. The molecule has 0 N–H and O–H groups in total. The normalized spacial score (nSPS) is 15.3. The van der Waals surface area contributed by atoms with E-state index in [1.54, 1.807) is 10.9 Å². The predicted molar refractivity (Wildman–Crippen MR) is 111 cm³/mol. The van der Waals surface area contributed by atoms with Crippen LogP contribution < -0.4 is 5.56 Å². The van der Waals surface area contributed by atoms with Gasteiger partial charge in [-0.3, -0.25) is 9.69 Å². The van der Waals surface area contributed by atoms with Crippen LogP contribution in [0.15, 0.2) is 77.7 Å². The monoisotopic (exact) mass is 381 g/mol. The van der Waals surface area contributed by atoms with Crippen LogP contribution in [0.3, 0.4) is 0 Å². The molecule has 1 saturated heterocycles. The molecule has 0 bridgehead atoms. The maximum Gasteiger partial charge on any atom is 0.274 e. The molecule has 3 aromatic rings. The minimum absolute atomic E-state index is 0. The Morgan fingerprint density at radius 2 is 1.52 bits per heavy atom. The Morgan fingerprint density at radius 3 is 2.19 bits per heavy atom. The number of likely N-dealkylation sites (tertiary alicyclic amines) is 1. The van der Waals surface area contributed by atoms with Crippen molar-refractivity contribution in [3.63, 3.8) is 0 Å². The van der Waals surface area contributed by atoms with E-state index in [0.29, 0.717) is 0 Å². The lowest BCUT2D eigenvalue weighted by molar-refractivity contribution is 0.170. The first-order valence-corrected chi connectivity index (χ1v) is 9.21. The van der Waals surface area contributed by atoms with Crippen LogP contribution in [-0.2, 0) is 6.54 Å². The van der Waals surface area contributed by atoms with Crippen molar-refractivity contribution < 1.29 is 0 Å². The van der Waals surface area contributed by atoms with Crippen molar-refractivity contribution >= 4 is 12.4 Å². The first-order valence-electron chi connectivity index (χ1n) is 9.21. The third-order valence-electron chi connectivity index (χ3n) is 5.11. The van der Waals surface area contributed by atoms with Crippen LogP contribution in [0.1, 0.15) is 24.4 Å². The van der Waals surface area contributed by atoms with E-state index in [1.807, 2.05) is 42.5 Å². The summed E-state index contributed by atoms with van der Waals surface area (Å²) in [6.07, 6.45) is 3.66. The van der Waals surface area contributed by atoms with Crippen molar-refractivity contribution in [2.45, 2.75) is 25.4 Å². The highest BCUT2D eigenvalue weighted by atomic mass is 35.5. The van der Waals surface area contributed by atoms with Crippen molar-refractivity contribution in [3.05, 3.63) is 88.8 Å². The van der Waals surface area contributed by atoms with Crippen molar-refractivity contribution in [2.75, 3.05) is 13.1 Å². The first-order chi connectivity index (χ1) is 12.8. The number of halogens is 1. The Labute approximate surface area is 165 Å². The van der Waals surface area contributed by atoms with Crippen LogP contribution in [0, 0.1) is 0 Å². The minimum Gasteiger partial charge on any atom is -0.299 e. The summed E-state index contributed by atoms with van der Waals surface area (Å²) in [5.41, 5.74) is 3.04. The third kappa shape index (κ3) is 4.46. The number of hydrogen-bond donors (Lipinski definition) is 0. The summed E-state index contributed by atoms with van der Waals surface area (Å²) in [6.45, 7) is 2.95. The van der Waals surface area contributed by atoms with Gasteiger partial charge in [-0.2, -0.15) is 5.10 Å². The molecule has 1 aliphatic heterocycles. The Bertz CT molecular complexity index is 904. The summed E-state index contributed by atoms with van der Waals surface area (Å²) in [5.74, 6) is 0. The molecule has 1 aromatic heterocycles. The molecule has 140 valence electrons. The molecule has 0 radical (unpaired) electrons. The van der Waals surface area contributed by atoms with Crippen LogP contribution in [0.25, 0.3) is 11.1 Å². The lowest BCUT2D eigenvalue weighted by Crippen LogP contribution is -2.38. The summed E-state index contributed by atoms with van der Waals surface area (Å²) >= 11 is 0. The molecule has 27 heavy (non-hydrogen) atoms. The quantitative estimate of drug-likeness (QED) is 0.680. The van der Waals surface area contributed by atoms with Gasteiger partial charge in [-0.15, -0.1) is 12.4 Å². The van der Waals surface area contributed by atoms with E-state index in [0.717, 1.165) is 43.6 Å². The number of rotatable bonds is 4. The fourth-order valence-electron chi connectivity index (χ4n) is 3.69. The molecule has 0 spiro atoms. The predicted octanol–water partition coefficient (Wildman–Crippen LogP) is 4.17. The lowest BCUT2D eigenvalue weighted by atomic mass is 10.0. The van der Waals surface area contributed by atoms with Gasteiger partial charge >= 0.3 is 0 Å². The molecular formula is C22H24ClN3O. The standard InChI is InChI=1S/C22H23N3O.ClH/c26-22-21(19-9-5-2-6-10-19)11-14-23-25(22)20-12-15-24(16-13-20)17-18-7-3-1-4-8-18;/h1-11,14,20H,12-13,15-17H2;1H. The fourth-order valence-corrected chi connectivity index (χ4v) is 3.69. The average Bonchev–Trinajstić information content (AvgIpc) is 2.70. The van der Waals surface area contributed by atoms with Gasteiger partial charge in [0.1, 0.15) is 0 Å². The molecule has 4 rings (SSSR count). The van der Waals surface area contributed by atoms with Crippen LogP contribution in [0.2, 0.25) is 0 Å². The fraction of sp³-hybridized carbons (Fsp3) is 0.273. The molecule has 0 saturated carbocycles. The number of piperidine rings is 1. The summed E-state index contributed by atoms with van der Waals surface area (Å²) in [6, 6.07) is 22.4. The molecule has 2 aromatic carbocycles. The van der Waals surface area contributed by atoms with E-state index < -0.39 is 0 Å². The summed E-state index contributed by atoms with van der Waals surface area (Å²) in [5, 5.41) is 4.38. The number of benzene rings is 2. The largest absolute Gasteiger partial charge is 0.299 e. The Kier molecular flexibility index (Phi) is 6.43. The molecule has 4 nitrogen and oxygen atoms in total. The van der Waals surface area contributed by atoms with Gasteiger partial charge in [0.05, 0.1) is 11.6 Å². The zero-order valence-electron chi connectivity index (χ0n) is 15.2. The van der Waals surface area contributed by atoms with Crippen LogP contribution >= 0.6 is 12.4 Å². The van der Waals surface area contributed by atoms with Crippen molar-refractivity contribution in [1.29, 1.82) is 0 Å². The molecular weight excluding hydrogens is 358 g/mol. The second-order valence-electron chi connectivity index (χ2n) is 6.85. The van der Waals surface area contributed by atoms with E-state index in [2.05, 4.69) is 34.3 Å². The first kappa shape index (κ1) is 19.3. The molecule has 0 aliphatic carbocycles. The maximum atomic E-state index is 12.9. The van der Waals surface area contributed by atoms with Gasteiger partial charge in [0.2, 0.25) is 0 Å². The van der Waals surface area contributed by atoms with Crippen LogP contribution in [-0.4, -0.2) is 27.8 Å². The Balaban J connectivity index is 0.00000210. The van der Waals surface area contributed by atoms with Gasteiger partial charge < -0.3 is 0 Å².